The summed E-state index contributed by atoms with van der Waals surface area (Å²) >= 11 is 0. The molecule has 1 fully saturated rings. The van der Waals surface area contributed by atoms with E-state index in [2.05, 4.69) is 10.6 Å². The zero-order valence-electron chi connectivity index (χ0n) is 11.7. The van der Waals surface area contributed by atoms with E-state index in [9.17, 15) is 4.79 Å². The van der Waals surface area contributed by atoms with E-state index in [-0.39, 0.29) is 5.91 Å². The monoisotopic (exact) mass is 261 g/mol. The fourth-order valence-electron chi connectivity index (χ4n) is 2.69. The minimum atomic E-state index is -0.0469. The molecule has 1 aliphatic rings. The van der Waals surface area contributed by atoms with Gasteiger partial charge >= 0.3 is 0 Å². The maximum absolute atomic E-state index is 11.6. The lowest BCUT2D eigenvalue weighted by molar-refractivity contribution is 0.0963. The molecule has 4 nitrogen and oxygen atoms in total. The van der Waals surface area contributed by atoms with Crippen molar-refractivity contribution in [2.24, 2.45) is 5.73 Å². The van der Waals surface area contributed by atoms with E-state index >= 15 is 0 Å². The lowest BCUT2D eigenvalue weighted by atomic mass is 9.91. The number of nitrogens with two attached hydrogens (primary N) is 1. The molecule has 1 amide bonds. The molecule has 1 aromatic rings. The van der Waals surface area contributed by atoms with Crippen LogP contribution in [0, 0.1) is 6.92 Å². The first-order valence-electron chi connectivity index (χ1n) is 6.95. The molecule has 4 N–H and O–H groups in total. The van der Waals surface area contributed by atoms with Gasteiger partial charge in [-0.3, -0.25) is 4.79 Å². The Hall–Kier alpha value is -1.55. The quantitative estimate of drug-likeness (QED) is 0.780. The summed E-state index contributed by atoms with van der Waals surface area (Å²) in [4.78, 5) is 11.6. The van der Waals surface area contributed by atoms with Gasteiger partial charge in [-0.15, -0.1) is 0 Å². The van der Waals surface area contributed by atoms with Crippen molar-refractivity contribution >= 4 is 11.6 Å². The van der Waals surface area contributed by atoms with E-state index in [0.717, 1.165) is 24.1 Å². The minimum absolute atomic E-state index is 0.0469. The van der Waals surface area contributed by atoms with Crippen LogP contribution in [-0.4, -0.2) is 25.0 Å². The number of carbonyl (C=O) groups excluding carboxylic acids is 1. The molecule has 0 aromatic heterocycles. The highest BCUT2D eigenvalue weighted by atomic mass is 16.1. The van der Waals surface area contributed by atoms with E-state index in [4.69, 9.17) is 5.73 Å². The van der Waals surface area contributed by atoms with Crippen molar-refractivity contribution < 1.29 is 4.79 Å². The normalized spacial score (nSPS) is 22.9. The van der Waals surface area contributed by atoms with Gasteiger partial charge in [0.05, 0.1) is 0 Å². The largest absolute Gasteiger partial charge is 0.382 e. The van der Waals surface area contributed by atoms with Gasteiger partial charge in [0.2, 0.25) is 0 Å². The van der Waals surface area contributed by atoms with Crippen molar-refractivity contribution in [3.8, 4) is 0 Å². The van der Waals surface area contributed by atoms with E-state index in [1.165, 1.54) is 12.8 Å². The van der Waals surface area contributed by atoms with Crippen LogP contribution in [0.4, 0.5) is 5.69 Å². The Balaban J connectivity index is 2.06. The first kappa shape index (κ1) is 13.9. The molecule has 0 bridgehead atoms. The van der Waals surface area contributed by atoms with Crippen LogP contribution >= 0.6 is 0 Å². The zero-order chi connectivity index (χ0) is 13.8. The highest BCUT2D eigenvalue weighted by Crippen LogP contribution is 2.23. The molecule has 0 radical (unpaired) electrons. The van der Waals surface area contributed by atoms with Crippen molar-refractivity contribution in [2.45, 2.75) is 44.7 Å². The smallest absolute Gasteiger partial charge is 0.251 e. The van der Waals surface area contributed by atoms with Gasteiger partial charge < -0.3 is 16.4 Å². The Morgan fingerprint density at radius 3 is 2.79 bits per heavy atom. The van der Waals surface area contributed by atoms with Crippen LogP contribution < -0.4 is 16.4 Å². The number of hydrogen-bond donors (Lipinski definition) is 3. The lowest BCUT2D eigenvalue weighted by Gasteiger charge is -2.28. The van der Waals surface area contributed by atoms with E-state index < -0.39 is 0 Å². The molecule has 2 rings (SSSR count). The predicted octanol–water partition coefficient (Wildman–Crippen LogP) is 2.04. The van der Waals surface area contributed by atoms with Crippen LogP contribution in [0.3, 0.4) is 0 Å². The van der Waals surface area contributed by atoms with Gasteiger partial charge in [-0.05, 0) is 56.4 Å². The van der Waals surface area contributed by atoms with Crippen LogP contribution in [0.2, 0.25) is 0 Å². The van der Waals surface area contributed by atoms with Gasteiger partial charge in [-0.1, -0.05) is 0 Å². The van der Waals surface area contributed by atoms with Gasteiger partial charge in [-0.25, -0.2) is 0 Å². The predicted molar refractivity (Wildman–Crippen MR) is 78.4 cm³/mol. The number of anilines is 1. The molecule has 4 heteroatoms. The Bertz CT molecular complexity index is 459. The topological polar surface area (TPSA) is 67.2 Å². The Kier molecular flexibility index (Phi) is 4.43. The standard InChI is InChI=1S/C15H23N3O/c1-10-8-11(15(19)17-2)6-7-14(10)18-13-5-3-4-12(16)9-13/h6-8,12-13,18H,3-5,9,16H2,1-2H3,(H,17,19). The van der Waals surface area contributed by atoms with Crippen LogP contribution in [0.1, 0.15) is 41.6 Å². The highest BCUT2D eigenvalue weighted by molar-refractivity contribution is 5.94. The molecule has 0 heterocycles. The summed E-state index contributed by atoms with van der Waals surface area (Å²) < 4.78 is 0. The number of rotatable bonds is 3. The first-order valence-corrected chi connectivity index (χ1v) is 6.95. The van der Waals surface area contributed by atoms with Gasteiger partial charge in [-0.2, -0.15) is 0 Å². The molecule has 1 aliphatic carbocycles. The molecular weight excluding hydrogens is 238 g/mol. The maximum atomic E-state index is 11.6. The lowest BCUT2D eigenvalue weighted by Crippen LogP contribution is -2.35. The summed E-state index contributed by atoms with van der Waals surface area (Å²) in [5, 5.41) is 6.19. The maximum Gasteiger partial charge on any atom is 0.251 e. The number of carbonyl (C=O) groups is 1. The third-order valence-corrected chi connectivity index (χ3v) is 3.79. The molecular formula is C15H23N3O. The number of benzene rings is 1. The van der Waals surface area contributed by atoms with Crippen molar-refractivity contribution in [3.05, 3.63) is 29.3 Å². The molecule has 19 heavy (non-hydrogen) atoms. The summed E-state index contributed by atoms with van der Waals surface area (Å²) in [6.45, 7) is 2.03. The van der Waals surface area contributed by atoms with Gasteiger partial charge in [0, 0.05) is 30.4 Å². The summed E-state index contributed by atoms with van der Waals surface area (Å²) in [5.74, 6) is -0.0469. The fraction of sp³-hybridized carbons (Fsp3) is 0.533. The van der Waals surface area contributed by atoms with Crippen molar-refractivity contribution in [1.82, 2.24) is 5.32 Å². The number of nitrogens with one attached hydrogen (secondary N) is 2. The summed E-state index contributed by atoms with van der Waals surface area (Å²) in [6, 6.07) is 6.53. The Morgan fingerprint density at radius 2 is 2.16 bits per heavy atom. The Morgan fingerprint density at radius 1 is 1.37 bits per heavy atom. The molecule has 2 unspecified atom stereocenters. The van der Waals surface area contributed by atoms with E-state index in [1.54, 1.807) is 7.05 Å². The zero-order valence-corrected chi connectivity index (χ0v) is 11.7. The second-order valence-corrected chi connectivity index (χ2v) is 5.38. The van der Waals surface area contributed by atoms with Crippen molar-refractivity contribution in [1.29, 1.82) is 0 Å². The minimum Gasteiger partial charge on any atom is -0.382 e. The van der Waals surface area contributed by atoms with Gasteiger partial charge in [0.1, 0.15) is 0 Å². The van der Waals surface area contributed by atoms with Gasteiger partial charge in [0.25, 0.3) is 5.91 Å². The van der Waals surface area contributed by atoms with Crippen LogP contribution in [0.15, 0.2) is 18.2 Å². The number of aryl methyl sites for hydroxylation is 1. The molecule has 0 aliphatic heterocycles. The summed E-state index contributed by atoms with van der Waals surface area (Å²) in [7, 11) is 1.65. The molecule has 0 spiro atoms. The molecule has 0 saturated heterocycles. The number of hydrogen-bond acceptors (Lipinski definition) is 3. The Labute approximate surface area is 114 Å². The molecule has 1 aromatic carbocycles. The van der Waals surface area contributed by atoms with Crippen molar-refractivity contribution in [3.63, 3.8) is 0 Å². The van der Waals surface area contributed by atoms with Crippen LogP contribution in [0.5, 0.6) is 0 Å². The van der Waals surface area contributed by atoms with Gasteiger partial charge in [0.15, 0.2) is 0 Å². The van der Waals surface area contributed by atoms with E-state index in [1.807, 2.05) is 25.1 Å². The third kappa shape index (κ3) is 3.47. The first-order chi connectivity index (χ1) is 9.10. The second-order valence-electron chi connectivity index (χ2n) is 5.38. The van der Waals surface area contributed by atoms with Crippen LogP contribution in [0.25, 0.3) is 0 Å². The average molecular weight is 261 g/mol. The van der Waals surface area contributed by atoms with E-state index in [0.29, 0.717) is 17.6 Å². The molecule has 104 valence electrons. The summed E-state index contributed by atoms with van der Waals surface area (Å²) in [6.07, 6.45) is 4.52. The summed E-state index contributed by atoms with van der Waals surface area (Å²) in [5.41, 5.74) is 8.91. The number of amides is 1. The molecule has 1 saturated carbocycles. The highest BCUT2D eigenvalue weighted by Gasteiger charge is 2.19. The van der Waals surface area contributed by atoms with Crippen molar-refractivity contribution in [2.75, 3.05) is 12.4 Å². The van der Waals surface area contributed by atoms with Crippen LogP contribution in [-0.2, 0) is 0 Å². The average Bonchev–Trinajstić information content (AvgIpc) is 2.40. The third-order valence-electron chi connectivity index (χ3n) is 3.79. The fourth-order valence-corrected chi connectivity index (χ4v) is 2.69. The molecule has 2 atom stereocenters. The SMILES string of the molecule is CNC(=O)c1ccc(NC2CCCC(N)C2)c(C)c1. The second kappa shape index (κ2) is 6.06.